The van der Waals surface area contributed by atoms with E-state index in [4.69, 9.17) is 5.73 Å². The molecule has 0 bridgehead atoms. The van der Waals surface area contributed by atoms with E-state index in [2.05, 4.69) is 4.90 Å². The molecule has 1 unspecified atom stereocenters. The Bertz CT molecular complexity index is 332. The van der Waals surface area contributed by atoms with Crippen LogP contribution >= 0.6 is 0 Å². The molecule has 0 aromatic carbocycles. The van der Waals surface area contributed by atoms with Crippen molar-refractivity contribution in [3.8, 4) is 0 Å². The van der Waals surface area contributed by atoms with Gasteiger partial charge in [-0.25, -0.2) is 8.42 Å². The Kier molecular flexibility index (Phi) is 3.53. The third kappa shape index (κ3) is 2.74. The van der Waals surface area contributed by atoms with Crippen LogP contribution in [0.3, 0.4) is 0 Å². The molecule has 5 nitrogen and oxygen atoms in total. The summed E-state index contributed by atoms with van der Waals surface area (Å²) in [5, 5.41) is 0. The molecule has 6 heteroatoms. The van der Waals surface area contributed by atoms with Crippen molar-refractivity contribution in [1.29, 1.82) is 0 Å². The molecular weight excluding hydrogens is 226 g/mol. The predicted octanol–water partition coefficient (Wildman–Crippen LogP) is -0.699. The molecule has 16 heavy (non-hydrogen) atoms. The lowest BCUT2D eigenvalue weighted by molar-refractivity contribution is 0.127. The molecule has 1 saturated heterocycles. The van der Waals surface area contributed by atoms with Crippen molar-refractivity contribution >= 4 is 10.0 Å². The Morgan fingerprint density at radius 1 is 1.25 bits per heavy atom. The summed E-state index contributed by atoms with van der Waals surface area (Å²) in [6.45, 7) is 3.57. The van der Waals surface area contributed by atoms with E-state index in [9.17, 15) is 8.42 Å². The van der Waals surface area contributed by atoms with E-state index in [0.717, 1.165) is 19.0 Å². The first-order valence-electron chi connectivity index (χ1n) is 5.91. The smallest absolute Gasteiger partial charge is 0.211 e. The average Bonchev–Trinajstić information content (AvgIpc) is 3.03. The van der Waals surface area contributed by atoms with Gasteiger partial charge in [0.15, 0.2) is 0 Å². The highest BCUT2D eigenvalue weighted by atomic mass is 32.2. The zero-order valence-electron chi connectivity index (χ0n) is 9.80. The van der Waals surface area contributed by atoms with Crippen molar-refractivity contribution in [3.63, 3.8) is 0 Å². The number of sulfonamides is 1. The Balaban J connectivity index is 1.89. The Morgan fingerprint density at radius 3 is 2.19 bits per heavy atom. The molecule has 2 N–H and O–H groups in total. The minimum absolute atomic E-state index is 0.474. The fraction of sp³-hybridized carbons (Fsp3) is 1.00. The average molecular weight is 247 g/mol. The lowest BCUT2D eigenvalue weighted by Gasteiger charge is -2.38. The van der Waals surface area contributed by atoms with Gasteiger partial charge in [0.2, 0.25) is 10.0 Å². The zero-order valence-corrected chi connectivity index (χ0v) is 10.6. The summed E-state index contributed by atoms with van der Waals surface area (Å²) in [5.41, 5.74) is 5.79. The highest BCUT2D eigenvalue weighted by Gasteiger charge is 2.36. The van der Waals surface area contributed by atoms with E-state index < -0.39 is 10.0 Å². The van der Waals surface area contributed by atoms with Gasteiger partial charge in [0.25, 0.3) is 0 Å². The summed E-state index contributed by atoms with van der Waals surface area (Å²) in [4.78, 5) is 2.36. The topological polar surface area (TPSA) is 66.6 Å². The Hall–Kier alpha value is -0.170. The van der Waals surface area contributed by atoms with Crippen LogP contribution in [0, 0.1) is 5.92 Å². The number of piperazine rings is 1. The van der Waals surface area contributed by atoms with Crippen LogP contribution in [0.2, 0.25) is 0 Å². The van der Waals surface area contributed by atoms with E-state index in [1.807, 2.05) is 0 Å². The van der Waals surface area contributed by atoms with E-state index in [0.29, 0.717) is 25.7 Å². The standard InChI is InChI=1S/C10H21N3O2S/c1-16(14,15)13-6-4-12(5-7-13)10(8-11)9-2-3-9/h9-10H,2-8,11H2,1H3. The van der Waals surface area contributed by atoms with Gasteiger partial charge in [0.05, 0.1) is 6.26 Å². The van der Waals surface area contributed by atoms with Gasteiger partial charge in [-0.3, -0.25) is 4.90 Å². The molecule has 0 radical (unpaired) electrons. The molecule has 1 aliphatic heterocycles. The molecule has 2 rings (SSSR count). The van der Waals surface area contributed by atoms with Gasteiger partial charge in [0, 0.05) is 38.8 Å². The fourth-order valence-electron chi connectivity index (χ4n) is 2.49. The molecular formula is C10H21N3O2S. The first kappa shape index (κ1) is 12.3. The third-order valence-corrected chi connectivity index (χ3v) is 4.92. The summed E-state index contributed by atoms with van der Waals surface area (Å²) in [7, 11) is -3.01. The monoisotopic (exact) mass is 247 g/mol. The zero-order chi connectivity index (χ0) is 11.8. The highest BCUT2D eigenvalue weighted by Crippen LogP contribution is 2.35. The van der Waals surface area contributed by atoms with Crippen LogP contribution in [-0.4, -0.2) is 62.6 Å². The van der Waals surface area contributed by atoms with Crippen LogP contribution in [0.25, 0.3) is 0 Å². The molecule has 94 valence electrons. The quantitative estimate of drug-likeness (QED) is 0.713. The summed E-state index contributed by atoms with van der Waals surface area (Å²) in [5.74, 6) is 0.759. The van der Waals surface area contributed by atoms with Gasteiger partial charge in [-0.2, -0.15) is 4.31 Å². The summed E-state index contributed by atoms with van der Waals surface area (Å²) in [6.07, 6.45) is 3.85. The summed E-state index contributed by atoms with van der Waals surface area (Å²) < 4.78 is 24.3. The number of rotatable bonds is 4. The first-order valence-corrected chi connectivity index (χ1v) is 7.76. The number of nitrogens with two attached hydrogens (primary N) is 1. The van der Waals surface area contributed by atoms with Crippen LogP contribution < -0.4 is 5.73 Å². The second kappa shape index (κ2) is 4.60. The molecule has 1 saturated carbocycles. The third-order valence-electron chi connectivity index (χ3n) is 3.62. The van der Waals surface area contributed by atoms with Gasteiger partial charge in [-0.15, -0.1) is 0 Å². The molecule has 1 aliphatic carbocycles. The van der Waals surface area contributed by atoms with Gasteiger partial charge in [-0.05, 0) is 18.8 Å². The van der Waals surface area contributed by atoms with E-state index in [1.54, 1.807) is 4.31 Å². The second-order valence-corrected chi connectivity index (χ2v) is 6.82. The molecule has 1 atom stereocenters. The Morgan fingerprint density at radius 2 is 1.81 bits per heavy atom. The van der Waals surface area contributed by atoms with Crippen LogP contribution in [0.15, 0.2) is 0 Å². The maximum atomic E-state index is 11.4. The molecule has 0 amide bonds. The largest absolute Gasteiger partial charge is 0.329 e. The number of hydrogen-bond acceptors (Lipinski definition) is 4. The van der Waals surface area contributed by atoms with Crippen molar-refractivity contribution in [2.75, 3.05) is 39.0 Å². The Labute approximate surface area is 97.6 Å². The van der Waals surface area contributed by atoms with Gasteiger partial charge < -0.3 is 5.73 Å². The molecule has 2 fully saturated rings. The summed E-state index contributed by atoms with van der Waals surface area (Å²) >= 11 is 0. The number of hydrogen-bond donors (Lipinski definition) is 1. The molecule has 0 spiro atoms. The van der Waals surface area contributed by atoms with Gasteiger partial charge in [0.1, 0.15) is 0 Å². The fourth-order valence-corrected chi connectivity index (χ4v) is 3.31. The van der Waals surface area contributed by atoms with Crippen molar-refractivity contribution < 1.29 is 8.42 Å². The van der Waals surface area contributed by atoms with Crippen molar-refractivity contribution in [2.45, 2.75) is 18.9 Å². The van der Waals surface area contributed by atoms with E-state index >= 15 is 0 Å². The maximum absolute atomic E-state index is 11.4. The van der Waals surface area contributed by atoms with Crippen LogP contribution in [0.4, 0.5) is 0 Å². The minimum Gasteiger partial charge on any atom is -0.329 e. The second-order valence-electron chi connectivity index (χ2n) is 4.84. The van der Waals surface area contributed by atoms with Crippen LogP contribution in [0.1, 0.15) is 12.8 Å². The molecule has 0 aromatic heterocycles. The molecule has 2 aliphatic rings. The van der Waals surface area contributed by atoms with Crippen LogP contribution in [-0.2, 0) is 10.0 Å². The molecule has 0 aromatic rings. The van der Waals surface area contributed by atoms with Gasteiger partial charge >= 0.3 is 0 Å². The normalized spacial score (nSPS) is 26.9. The van der Waals surface area contributed by atoms with Crippen LogP contribution in [0.5, 0.6) is 0 Å². The van der Waals surface area contributed by atoms with Crippen molar-refractivity contribution in [3.05, 3.63) is 0 Å². The lowest BCUT2D eigenvalue weighted by Crippen LogP contribution is -2.54. The highest BCUT2D eigenvalue weighted by molar-refractivity contribution is 7.88. The first-order chi connectivity index (χ1) is 7.52. The lowest BCUT2D eigenvalue weighted by atomic mass is 10.1. The van der Waals surface area contributed by atoms with E-state index in [-0.39, 0.29) is 0 Å². The van der Waals surface area contributed by atoms with E-state index in [1.165, 1.54) is 19.1 Å². The SMILES string of the molecule is CS(=O)(=O)N1CCN(C(CN)C2CC2)CC1. The predicted molar refractivity (Wildman–Crippen MR) is 63.6 cm³/mol. The summed E-state index contributed by atoms with van der Waals surface area (Å²) in [6, 6.07) is 0.474. The van der Waals surface area contributed by atoms with Crippen molar-refractivity contribution in [2.24, 2.45) is 11.7 Å². The minimum atomic E-state index is -3.01. The number of nitrogens with zero attached hydrogens (tertiary/aromatic N) is 2. The molecule has 1 heterocycles. The van der Waals surface area contributed by atoms with Gasteiger partial charge in [-0.1, -0.05) is 0 Å². The maximum Gasteiger partial charge on any atom is 0.211 e. The van der Waals surface area contributed by atoms with Crippen molar-refractivity contribution in [1.82, 2.24) is 9.21 Å².